The first-order valence-corrected chi connectivity index (χ1v) is 3.02. The molecule has 0 aromatic rings. The minimum Gasteiger partial charge on any atom is -0.206 e. The van der Waals surface area contributed by atoms with Crippen molar-refractivity contribution in [2.45, 2.75) is 12.8 Å². The molecule has 0 spiro atoms. The summed E-state index contributed by atoms with van der Waals surface area (Å²) in [5, 5.41) is 0. The fourth-order valence-electron chi connectivity index (χ4n) is 0. The van der Waals surface area contributed by atoms with Crippen LogP contribution in [0.15, 0.2) is 0 Å². The molecular formula is C3H5F2I. The molecule has 0 saturated carbocycles. The Hall–Kier alpha value is 0.590. The van der Waals surface area contributed by atoms with E-state index in [-0.39, 0.29) is 4.43 Å². The highest BCUT2D eigenvalue weighted by molar-refractivity contribution is 14.1. The maximum atomic E-state index is 11.4. The van der Waals surface area contributed by atoms with Gasteiger partial charge >= 0.3 is 0 Å². The minimum atomic E-state index is -2.47. The van der Waals surface area contributed by atoms with Crippen LogP contribution in [-0.4, -0.2) is 10.4 Å². The second kappa shape index (κ2) is 2.04. The molecular weight excluding hydrogens is 201 g/mol. The number of alkyl halides is 3. The molecule has 0 nitrogen and oxygen atoms in total. The SMILES string of the molecule is CC(F)(F)CI. The van der Waals surface area contributed by atoms with Crippen molar-refractivity contribution in [3.8, 4) is 0 Å². The van der Waals surface area contributed by atoms with E-state index in [1.165, 1.54) is 0 Å². The molecule has 0 N–H and O–H groups in total. The Labute approximate surface area is 49.1 Å². The van der Waals surface area contributed by atoms with Gasteiger partial charge in [0.05, 0.1) is 4.43 Å². The fraction of sp³-hybridized carbons (Fsp3) is 1.00. The highest BCUT2D eigenvalue weighted by Gasteiger charge is 2.17. The third-order valence-corrected chi connectivity index (χ3v) is 1.57. The van der Waals surface area contributed by atoms with E-state index < -0.39 is 5.92 Å². The van der Waals surface area contributed by atoms with E-state index in [1.807, 2.05) is 0 Å². The summed E-state index contributed by atoms with van der Waals surface area (Å²) in [5.74, 6) is -2.47. The van der Waals surface area contributed by atoms with Gasteiger partial charge in [-0.1, -0.05) is 22.6 Å². The molecule has 0 amide bonds. The molecule has 0 aliphatic heterocycles. The van der Waals surface area contributed by atoms with Gasteiger partial charge in [-0.25, -0.2) is 8.78 Å². The van der Waals surface area contributed by atoms with Crippen molar-refractivity contribution in [3.05, 3.63) is 0 Å². The zero-order valence-corrected chi connectivity index (χ0v) is 5.50. The summed E-state index contributed by atoms with van der Waals surface area (Å²) in [7, 11) is 0. The quantitative estimate of drug-likeness (QED) is 0.455. The van der Waals surface area contributed by atoms with Crippen LogP contribution in [0.1, 0.15) is 6.92 Å². The molecule has 6 heavy (non-hydrogen) atoms. The van der Waals surface area contributed by atoms with Gasteiger partial charge in [0.1, 0.15) is 0 Å². The average molecular weight is 206 g/mol. The first kappa shape index (κ1) is 6.59. The van der Waals surface area contributed by atoms with Crippen molar-refractivity contribution in [2.75, 3.05) is 4.43 Å². The average Bonchev–Trinajstić information content (AvgIpc) is 1.35. The third-order valence-electron chi connectivity index (χ3n) is 0.235. The molecule has 0 aromatic heterocycles. The second-order valence-electron chi connectivity index (χ2n) is 1.20. The maximum Gasteiger partial charge on any atom is 0.254 e. The molecule has 0 heterocycles. The monoisotopic (exact) mass is 206 g/mol. The van der Waals surface area contributed by atoms with Gasteiger partial charge in [-0.05, 0) is 0 Å². The summed E-state index contributed by atoms with van der Waals surface area (Å²) in [4.78, 5) is 0. The van der Waals surface area contributed by atoms with E-state index in [2.05, 4.69) is 0 Å². The molecule has 0 saturated heterocycles. The van der Waals surface area contributed by atoms with E-state index in [4.69, 9.17) is 0 Å². The van der Waals surface area contributed by atoms with E-state index in [0.717, 1.165) is 6.92 Å². The van der Waals surface area contributed by atoms with Gasteiger partial charge in [0, 0.05) is 6.92 Å². The second-order valence-corrected chi connectivity index (χ2v) is 1.97. The molecule has 0 atom stereocenters. The van der Waals surface area contributed by atoms with Crippen LogP contribution in [0, 0.1) is 0 Å². The van der Waals surface area contributed by atoms with Crippen molar-refractivity contribution in [1.29, 1.82) is 0 Å². The topological polar surface area (TPSA) is 0 Å². The Kier molecular flexibility index (Phi) is 2.25. The van der Waals surface area contributed by atoms with Crippen LogP contribution in [0.4, 0.5) is 8.78 Å². The Balaban J connectivity index is 3.17. The van der Waals surface area contributed by atoms with Crippen LogP contribution >= 0.6 is 22.6 Å². The molecule has 38 valence electrons. The largest absolute Gasteiger partial charge is 0.254 e. The highest BCUT2D eigenvalue weighted by Crippen LogP contribution is 2.13. The van der Waals surface area contributed by atoms with Crippen molar-refractivity contribution in [1.82, 2.24) is 0 Å². The van der Waals surface area contributed by atoms with Gasteiger partial charge in [0.15, 0.2) is 0 Å². The van der Waals surface area contributed by atoms with E-state index in [9.17, 15) is 8.78 Å². The van der Waals surface area contributed by atoms with Crippen LogP contribution in [0.25, 0.3) is 0 Å². The summed E-state index contributed by atoms with van der Waals surface area (Å²) in [5.41, 5.74) is 0. The van der Waals surface area contributed by atoms with E-state index in [1.54, 1.807) is 22.6 Å². The van der Waals surface area contributed by atoms with Gasteiger partial charge in [0.25, 0.3) is 5.92 Å². The summed E-state index contributed by atoms with van der Waals surface area (Å²) >= 11 is 1.64. The predicted molar refractivity (Wildman–Crippen MR) is 29.5 cm³/mol. The van der Waals surface area contributed by atoms with E-state index in [0.29, 0.717) is 0 Å². The highest BCUT2D eigenvalue weighted by atomic mass is 127. The number of halogens is 3. The van der Waals surface area contributed by atoms with Gasteiger partial charge in [-0.2, -0.15) is 0 Å². The maximum absolute atomic E-state index is 11.4. The normalized spacial score (nSPS) is 12.0. The van der Waals surface area contributed by atoms with Crippen LogP contribution in [0.5, 0.6) is 0 Å². The standard InChI is InChI=1S/C3H5F2I/c1-3(4,5)2-6/h2H2,1H3. The Morgan fingerprint density at radius 1 is 1.67 bits per heavy atom. The zero-order valence-electron chi connectivity index (χ0n) is 3.34. The van der Waals surface area contributed by atoms with Crippen molar-refractivity contribution < 1.29 is 8.78 Å². The lowest BCUT2D eigenvalue weighted by Gasteiger charge is -2.00. The van der Waals surface area contributed by atoms with Crippen molar-refractivity contribution >= 4 is 22.6 Å². The summed E-state index contributed by atoms with van der Waals surface area (Å²) in [6.07, 6.45) is 0. The Morgan fingerprint density at radius 3 is 1.83 bits per heavy atom. The first-order chi connectivity index (χ1) is 2.56. The Morgan fingerprint density at radius 2 is 1.83 bits per heavy atom. The molecule has 0 bridgehead atoms. The lowest BCUT2D eigenvalue weighted by Crippen LogP contribution is -2.09. The minimum absolute atomic E-state index is 0.0925. The van der Waals surface area contributed by atoms with Crippen LogP contribution < -0.4 is 0 Å². The van der Waals surface area contributed by atoms with Crippen molar-refractivity contribution in [3.63, 3.8) is 0 Å². The molecule has 0 unspecified atom stereocenters. The molecule has 0 aromatic carbocycles. The van der Waals surface area contributed by atoms with Crippen LogP contribution in [0.3, 0.4) is 0 Å². The predicted octanol–water partition coefficient (Wildman–Crippen LogP) is 2.08. The summed E-state index contributed by atoms with van der Waals surface area (Å²) < 4.78 is 22.8. The fourth-order valence-corrected chi connectivity index (χ4v) is 0. The smallest absolute Gasteiger partial charge is 0.206 e. The zero-order chi connectivity index (χ0) is 5.21. The lowest BCUT2D eigenvalue weighted by atomic mass is 10.5. The Bertz CT molecular complexity index is 38.5. The molecule has 0 radical (unpaired) electrons. The third kappa shape index (κ3) is 4.59. The summed E-state index contributed by atoms with van der Waals surface area (Å²) in [6, 6.07) is 0. The number of rotatable bonds is 1. The number of hydrogen-bond acceptors (Lipinski definition) is 0. The van der Waals surface area contributed by atoms with Gasteiger partial charge in [-0.15, -0.1) is 0 Å². The van der Waals surface area contributed by atoms with Gasteiger partial charge in [-0.3, -0.25) is 0 Å². The van der Waals surface area contributed by atoms with Crippen molar-refractivity contribution in [2.24, 2.45) is 0 Å². The summed E-state index contributed by atoms with van der Waals surface area (Å²) in [6.45, 7) is 0.902. The van der Waals surface area contributed by atoms with Gasteiger partial charge in [0.2, 0.25) is 0 Å². The van der Waals surface area contributed by atoms with Crippen LogP contribution in [0.2, 0.25) is 0 Å². The van der Waals surface area contributed by atoms with Crippen LogP contribution in [-0.2, 0) is 0 Å². The molecule has 0 aliphatic rings. The molecule has 0 fully saturated rings. The number of hydrogen-bond donors (Lipinski definition) is 0. The van der Waals surface area contributed by atoms with E-state index >= 15 is 0 Å². The lowest BCUT2D eigenvalue weighted by molar-refractivity contribution is 0.0526. The molecule has 0 aliphatic carbocycles. The molecule has 0 rings (SSSR count). The van der Waals surface area contributed by atoms with Gasteiger partial charge < -0.3 is 0 Å². The first-order valence-electron chi connectivity index (χ1n) is 1.50. The molecule has 3 heteroatoms.